The van der Waals surface area contributed by atoms with Gasteiger partial charge in [-0.05, 0) is 18.2 Å². The van der Waals surface area contributed by atoms with Crippen LogP contribution in [0.1, 0.15) is 10.4 Å². The zero-order valence-electron chi connectivity index (χ0n) is 8.71. The second-order valence-electron chi connectivity index (χ2n) is 3.37. The van der Waals surface area contributed by atoms with Gasteiger partial charge in [0.05, 0.1) is 21.3 Å². The second kappa shape index (κ2) is 5.42. The van der Waals surface area contributed by atoms with Crippen LogP contribution in [0.4, 0.5) is 5.69 Å². The minimum atomic E-state index is 0.520. The van der Waals surface area contributed by atoms with Gasteiger partial charge in [-0.3, -0.25) is 0 Å². The zero-order chi connectivity index (χ0) is 12.3. The number of anilines is 1. The highest BCUT2D eigenvalue weighted by atomic mass is 35.5. The second-order valence-corrected chi connectivity index (χ2v) is 5.15. The molecule has 0 unspecified atom stereocenters. The first-order valence-corrected chi connectivity index (χ1v) is 6.49. The van der Waals surface area contributed by atoms with Crippen LogP contribution in [0, 0.1) is 11.3 Å². The first-order valence-electron chi connectivity index (χ1n) is 4.86. The minimum Gasteiger partial charge on any atom is -0.379 e. The van der Waals surface area contributed by atoms with E-state index in [-0.39, 0.29) is 0 Å². The molecule has 0 fully saturated rings. The molecular formula is C12H8Cl2N2S. The highest BCUT2D eigenvalue weighted by Gasteiger charge is 2.04. The van der Waals surface area contributed by atoms with Gasteiger partial charge in [0.25, 0.3) is 0 Å². The normalized spacial score (nSPS) is 9.94. The third-order valence-electron chi connectivity index (χ3n) is 2.19. The molecule has 0 saturated heterocycles. The molecule has 2 aromatic rings. The summed E-state index contributed by atoms with van der Waals surface area (Å²) < 4.78 is 0. The van der Waals surface area contributed by atoms with Gasteiger partial charge in [0.15, 0.2) is 0 Å². The van der Waals surface area contributed by atoms with Crippen molar-refractivity contribution in [2.45, 2.75) is 6.54 Å². The van der Waals surface area contributed by atoms with E-state index >= 15 is 0 Å². The third-order valence-corrected chi connectivity index (χ3v) is 3.94. The molecule has 17 heavy (non-hydrogen) atoms. The van der Waals surface area contributed by atoms with Gasteiger partial charge < -0.3 is 5.32 Å². The molecule has 0 saturated carbocycles. The van der Waals surface area contributed by atoms with Crippen molar-refractivity contribution in [3.63, 3.8) is 0 Å². The molecule has 86 valence electrons. The zero-order valence-corrected chi connectivity index (χ0v) is 11.0. The van der Waals surface area contributed by atoms with Crippen molar-refractivity contribution in [2.75, 3.05) is 5.32 Å². The van der Waals surface area contributed by atoms with E-state index in [2.05, 4.69) is 11.4 Å². The first kappa shape index (κ1) is 12.3. The number of thiophene rings is 1. The molecule has 0 aliphatic heterocycles. The van der Waals surface area contributed by atoms with Crippen molar-refractivity contribution in [1.82, 2.24) is 0 Å². The minimum absolute atomic E-state index is 0.520. The van der Waals surface area contributed by atoms with Crippen LogP contribution in [-0.2, 0) is 6.54 Å². The maximum absolute atomic E-state index is 8.71. The average Bonchev–Trinajstić information content (AvgIpc) is 2.79. The van der Waals surface area contributed by atoms with Crippen LogP contribution in [0.2, 0.25) is 10.0 Å². The van der Waals surface area contributed by atoms with Crippen LogP contribution >= 0.6 is 34.5 Å². The highest BCUT2D eigenvalue weighted by Crippen LogP contribution is 2.30. The van der Waals surface area contributed by atoms with Gasteiger partial charge in [0.1, 0.15) is 6.07 Å². The number of nitriles is 1. The van der Waals surface area contributed by atoms with Crippen LogP contribution in [0.25, 0.3) is 0 Å². The SMILES string of the molecule is N#Cc1csc(CNc2cccc(Cl)c2Cl)c1. The molecule has 1 N–H and O–H groups in total. The van der Waals surface area contributed by atoms with Gasteiger partial charge in [-0.2, -0.15) is 5.26 Å². The van der Waals surface area contributed by atoms with Gasteiger partial charge in [0.2, 0.25) is 0 Å². The molecule has 0 bridgehead atoms. The molecule has 1 heterocycles. The average molecular weight is 283 g/mol. The lowest BCUT2D eigenvalue weighted by atomic mass is 10.3. The fourth-order valence-electron chi connectivity index (χ4n) is 1.35. The summed E-state index contributed by atoms with van der Waals surface area (Å²) >= 11 is 13.5. The molecule has 0 aliphatic rings. The van der Waals surface area contributed by atoms with Gasteiger partial charge in [-0.15, -0.1) is 11.3 Å². The van der Waals surface area contributed by atoms with Gasteiger partial charge in [-0.25, -0.2) is 0 Å². The smallest absolute Gasteiger partial charge is 0.100 e. The first-order chi connectivity index (χ1) is 8.20. The Bertz CT molecular complexity index is 572. The topological polar surface area (TPSA) is 35.8 Å². The number of rotatable bonds is 3. The number of halogens is 2. The predicted molar refractivity (Wildman–Crippen MR) is 72.8 cm³/mol. The standard InChI is InChI=1S/C12H8Cl2N2S/c13-10-2-1-3-11(12(10)14)16-6-9-4-8(5-15)7-17-9/h1-4,7,16H,6H2. The summed E-state index contributed by atoms with van der Waals surface area (Å²) in [5.41, 5.74) is 1.48. The van der Waals surface area contributed by atoms with E-state index in [1.54, 1.807) is 17.4 Å². The number of hydrogen-bond acceptors (Lipinski definition) is 3. The maximum atomic E-state index is 8.71. The van der Waals surface area contributed by atoms with E-state index in [1.807, 2.05) is 23.6 Å². The molecule has 0 aliphatic carbocycles. The Morgan fingerprint density at radius 2 is 2.18 bits per heavy atom. The molecule has 5 heteroatoms. The van der Waals surface area contributed by atoms with E-state index in [0.29, 0.717) is 22.2 Å². The van der Waals surface area contributed by atoms with Gasteiger partial charge >= 0.3 is 0 Å². The molecule has 0 atom stereocenters. The Morgan fingerprint density at radius 3 is 2.88 bits per heavy atom. The molecule has 0 amide bonds. The Kier molecular flexibility index (Phi) is 3.90. The van der Waals surface area contributed by atoms with Crippen molar-refractivity contribution >= 4 is 40.2 Å². The molecule has 1 aromatic carbocycles. The molecular weight excluding hydrogens is 275 g/mol. The fraction of sp³-hybridized carbons (Fsp3) is 0.0833. The van der Waals surface area contributed by atoms with E-state index in [1.165, 1.54) is 0 Å². The lowest BCUT2D eigenvalue weighted by Gasteiger charge is -2.07. The Morgan fingerprint density at radius 1 is 1.35 bits per heavy atom. The van der Waals surface area contributed by atoms with Crippen LogP contribution in [0.15, 0.2) is 29.6 Å². The van der Waals surface area contributed by atoms with Crippen LogP contribution in [0.5, 0.6) is 0 Å². The van der Waals surface area contributed by atoms with Crippen molar-refractivity contribution in [3.05, 3.63) is 50.1 Å². The fourth-order valence-corrected chi connectivity index (χ4v) is 2.47. The van der Waals surface area contributed by atoms with Crippen molar-refractivity contribution in [3.8, 4) is 6.07 Å². The summed E-state index contributed by atoms with van der Waals surface area (Å²) in [4.78, 5) is 1.08. The van der Waals surface area contributed by atoms with Crippen LogP contribution in [-0.4, -0.2) is 0 Å². The number of nitrogens with one attached hydrogen (secondary N) is 1. The summed E-state index contributed by atoms with van der Waals surface area (Å²) in [5, 5.41) is 14.8. The van der Waals surface area contributed by atoms with Crippen molar-refractivity contribution in [1.29, 1.82) is 5.26 Å². The summed E-state index contributed by atoms with van der Waals surface area (Å²) in [6.07, 6.45) is 0. The van der Waals surface area contributed by atoms with E-state index in [4.69, 9.17) is 28.5 Å². The summed E-state index contributed by atoms with van der Waals surface area (Å²) in [7, 11) is 0. The quantitative estimate of drug-likeness (QED) is 0.897. The Hall–Kier alpha value is -1.21. The van der Waals surface area contributed by atoms with E-state index in [9.17, 15) is 0 Å². The summed E-state index contributed by atoms with van der Waals surface area (Å²) in [5.74, 6) is 0. The molecule has 2 nitrogen and oxygen atoms in total. The Balaban J connectivity index is 2.07. The number of nitrogens with zero attached hydrogens (tertiary/aromatic N) is 1. The van der Waals surface area contributed by atoms with Gasteiger partial charge in [0, 0.05) is 16.8 Å². The molecule has 0 spiro atoms. The lowest BCUT2D eigenvalue weighted by molar-refractivity contribution is 1.19. The van der Waals surface area contributed by atoms with Crippen molar-refractivity contribution in [2.24, 2.45) is 0 Å². The number of hydrogen-bond donors (Lipinski definition) is 1. The predicted octanol–water partition coefficient (Wildman–Crippen LogP) is 4.54. The van der Waals surface area contributed by atoms with E-state index < -0.39 is 0 Å². The molecule has 2 rings (SSSR count). The summed E-state index contributed by atoms with van der Waals surface area (Å²) in [6.45, 7) is 0.631. The molecule has 0 radical (unpaired) electrons. The number of benzene rings is 1. The molecule has 1 aromatic heterocycles. The summed E-state index contributed by atoms with van der Waals surface area (Å²) in [6, 6.07) is 9.41. The van der Waals surface area contributed by atoms with Gasteiger partial charge in [-0.1, -0.05) is 29.3 Å². The van der Waals surface area contributed by atoms with Crippen LogP contribution in [0.3, 0.4) is 0 Å². The van der Waals surface area contributed by atoms with Crippen molar-refractivity contribution < 1.29 is 0 Å². The van der Waals surface area contributed by atoms with E-state index in [0.717, 1.165) is 10.6 Å². The third kappa shape index (κ3) is 2.92. The Labute approximate surface area is 113 Å². The lowest BCUT2D eigenvalue weighted by Crippen LogP contribution is -1.97. The monoisotopic (exact) mass is 282 g/mol. The van der Waals surface area contributed by atoms with Crippen LogP contribution < -0.4 is 5.32 Å². The largest absolute Gasteiger partial charge is 0.379 e. The highest BCUT2D eigenvalue weighted by molar-refractivity contribution is 7.10. The maximum Gasteiger partial charge on any atom is 0.100 e.